The summed E-state index contributed by atoms with van der Waals surface area (Å²) in [4.78, 5) is 23.1. The summed E-state index contributed by atoms with van der Waals surface area (Å²) >= 11 is 1.08. The third kappa shape index (κ3) is 3.99. The number of amides is 2. The van der Waals surface area contributed by atoms with E-state index in [1.54, 1.807) is 24.4 Å². The van der Waals surface area contributed by atoms with Crippen LogP contribution >= 0.6 is 11.3 Å². The van der Waals surface area contributed by atoms with E-state index in [0.29, 0.717) is 6.54 Å². The molecule has 23 heavy (non-hydrogen) atoms. The number of sulfone groups is 1. The van der Waals surface area contributed by atoms with Gasteiger partial charge in [-0.1, -0.05) is 6.07 Å². The van der Waals surface area contributed by atoms with Crippen LogP contribution in [0, 0.1) is 0 Å². The Morgan fingerprint density at radius 2 is 1.96 bits per heavy atom. The zero-order valence-corrected chi connectivity index (χ0v) is 13.9. The van der Waals surface area contributed by atoms with E-state index in [1.807, 2.05) is 0 Å². The monoisotopic (exact) mass is 356 g/mol. The summed E-state index contributed by atoms with van der Waals surface area (Å²) in [5, 5.41) is 5.24. The van der Waals surface area contributed by atoms with Gasteiger partial charge >= 0.3 is 11.8 Å². The van der Waals surface area contributed by atoms with Gasteiger partial charge in [0.05, 0.1) is 6.26 Å². The number of nitrogens with one attached hydrogen (secondary N) is 2. The van der Waals surface area contributed by atoms with Gasteiger partial charge in [-0.15, -0.1) is 11.3 Å². The van der Waals surface area contributed by atoms with E-state index in [4.69, 9.17) is 4.42 Å². The summed E-state index contributed by atoms with van der Waals surface area (Å²) in [5.74, 6) is -1.49. The van der Waals surface area contributed by atoms with Crippen LogP contribution in [0.3, 0.4) is 0 Å². The summed E-state index contributed by atoms with van der Waals surface area (Å²) < 4.78 is 30.8. The van der Waals surface area contributed by atoms with Crippen molar-refractivity contribution in [1.29, 1.82) is 0 Å². The maximum Gasteiger partial charge on any atom is 0.309 e. The van der Waals surface area contributed by atoms with Crippen molar-refractivity contribution in [2.45, 2.75) is 16.4 Å². The third-order valence-electron chi connectivity index (χ3n) is 3.00. The van der Waals surface area contributed by atoms with Gasteiger partial charge in [0.1, 0.15) is 15.2 Å². The van der Waals surface area contributed by atoms with Crippen LogP contribution in [-0.4, -0.2) is 33.3 Å². The van der Waals surface area contributed by atoms with Crippen molar-refractivity contribution >= 4 is 33.0 Å². The standard InChI is InChI=1S/C14H16N2O5S2/c1-2-15-13(17)14(18)16-9-11(10-5-3-7-21-10)23(19,20)12-6-4-8-22-12/h3-8,11H,2,9H2,1H3,(H,15,17)(H,16,18)/t11-/m0/s1. The highest BCUT2D eigenvalue weighted by molar-refractivity contribution is 7.93. The van der Waals surface area contributed by atoms with Crippen LogP contribution in [0.2, 0.25) is 0 Å². The van der Waals surface area contributed by atoms with E-state index in [0.717, 1.165) is 11.3 Å². The fraction of sp³-hybridized carbons (Fsp3) is 0.286. The second-order valence-electron chi connectivity index (χ2n) is 4.55. The molecule has 124 valence electrons. The lowest BCUT2D eigenvalue weighted by Crippen LogP contribution is -2.42. The van der Waals surface area contributed by atoms with Gasteiger partial charge in [0, 0.05) is 13.1 Å². The van der Waals surface area contributed by atoms with E-state index in [9.17, 15) is 18.0 Å². The molecule has 0 aromatic carbocycles. The van der Waals surface area contributed by atoms with Crippen molar-refractivity contribution in [3.63, 3.8) is 0 Å². The summed E-state index contributed by atoms with van der Waals surface area (Å²) in [7, 11) is -3.74. The molecule has 0 fully saturated rings. The van der Waals surface area contributed by atoms with Gasteiger partial charge < -0.3 is 15.1 Å². The van der Waals surface area contributed by atoms with Crippen LogP contribution in [-0.2, 0) is 19.4 Å². The van der Waals surface area contributed by atoms with Crippen LogP contribution in [0.5, 0.6) is 0 Å². The molecule has 0 radical (unpaired) electrons. The topological polar surface area (TPSA) is 105 Å². The van der Waals surface area contributed by atoms with Crippen molar-refractivity contribution in [1.82, 2.24) is 10.6 Å². The highest BCUT2D eigenvalue weighted by atomic mass is 32.2. The van der Waals surface area contributed by atoms with E-state index >= 15 is 0 Å². The third-order valence-corrected chi connectivity index (χ3v) is 6.49. The molecule has 0 saturated heterocycles. The lowest BCUT2D eigenvalue weighted by molar-refractivity contribution is -0.139. The number of hydrogen-bond acceptors (Lipinski definition) is 6. The van der Waals surface area contributed by atoms with Gasteiger partial charge in [-0.05, 0) is 30.5 Å². The van der Waals surface area contributed by atoms with Crippen LogP contribution in [0.4, 0.5) is 0 Å². The first-order valence-corrected chi connectivity index (χ1v) is 9.26. The number of carbonyl (C=O) groups is 2. The molecule has 0 bridgehead atoms. The fourth-order valence-electron chi connectivity index (χ4n) is 1.91. The SMILES string of the molecule is CCNC(=O)C(=O)NC[C@@H](c1ccco1)S(=O)(=O)c1cccs1. The van der Waals surface area contributed by atoms with Crippen molar-refractivity contribution in [3.05, 3.63) is 41.7 Å². The van der Waals surface area contributed by atoms with Crippen LogP contribution in [0.15, 0.2) is 44.5 Å². The van der Waals surface area contributed by atoms with Gasteiger partial charge in [-0.25, -0.2) is 8.42 Å². The predicted octanol–water partition coefficient (Wildman–Crippen LogP) is 1.11. The van der Waals surface area contributed by atoms with Crippen molar-refractivity contribution in [2.24, 2.45) is 0 Å². The average molecular weight is 356 g/mol. The number of likely N-dealkylation sites (N-methyl/N-ethyl adjacent to an activating group) is 1. The van der Waals surface area contributed by atoms with Gasteiger partial charge in [-0.3, -0.25) is 9.59 Å². The molecule has 0 aliphatic carbocycles. The van der Waals surface area contributed by atoms with Crippen LogP contribution in [0.25, 0.3) is 0 Å². The van der Waals surface area contributed by atoms with Crippen LogP contribution in [0.1, 0.15) is 17.9 Å². The Kier molecular flexibility index (Phi) is 5.56. The fourth-order valence-corrected chi connectivity index (χ4v) is 4.70. The van der Waals surface area contributed by atoms with Gasteiger partial charge in [0.25, 0.3) is 0 Å². The first-order chi connectivity index (χ1) is 11.0. The highest BCUT2D eigenvalue weighted by Gasteiger charge is 2.33. The molecule has 0 unspecified atom stereocenters. The molecule has 2 amide bonds. The summed E-state index contributed by atoms with van der Waals surface area (Å²) in [6, 6.07) is 6.21. The molecular weight excluding hydrogens is 340 g/mol. The maximum absolute atomic E-state index is 12.7. The molecule has 7 nitrogen and oxygen atoms in total. The molecule has 0 aliphatic rings. The van der Waals surface area contributed by atoms with Crippen molar-refractivity contribution in [2.75, 3.05) is 13.1 Å². The van der Waals surface area contributed by atoms with Gasteiger partial charge in [0.2, 0.25) is 0 Å². The Balaban J connectivity index is 2.20. The molecule has 2 aromatic heterocycles. The van der Waals surface area contributed by atoms with E-state index in [-0.39, 0.29) is 16.5 Å². The Morgan fingerprint density at radius 3 is 2.52 bits per heavy atom. The Hall–Kier alpha value is -2.13. The normalized spacial score (nSPS) is 12.6. The van der Waals surface area contributed by atoms with E-state index in [2.05, 4.69) is 10.6 Å². The van der Waals surface area contributed by atoms with Crippen molar-refractivity contribution in [3.8, 4) is 0 Å². The smallest absolute Gasteiger partial charge is 0.309 e. The zero-order chi connectivity index (χ0) is 16.9. The molecule has 2 N–H and O–H groups in total. The van der Waals surface area contributed by atoms with E-state index < -0.39 is 26.9 Å². The molecule has 2 rings (SSSR count). The maximum atomic E-state index is 12.7. The molecule has 0 saturated carbocycles. The molecule has 9 heteroatoms. The van der Waals surface area contributed by atoms with Gasteiger partial charge in [-0.2, -0.15) is 0 Å². The minimum absolute atomic E-state index is 0.172. The number of thiophene rings is 1. The zero-order valence-electron chi connectivity index (χ0n) is 12.3. The second kappa shape index (κ2) is 7.42. The largest absolute Gasteiger partial charge is 0.468 e. The minimum Gasteiger partial charge on any atom is -0.468 e. The van der Waals surface area contributed by atoms with Crippen LogP contribution < -0.4 is 10.6 Å². The number of hydrogen-bond donors (Lipinski definition) is 2. The molecular formula is C14H16N2O5S2. The molecule has 2 heterocycles. The first-order valence-electron chi connectivity index (χ1n) is 6.83. The summed E-state index contributed by atoms with van der Waals surface area (Å²) in [6.45, 7) is 1.73. The number of carbonyl (C=O) groups excluding carboxylic acids is 2. The molecule has 0 aliphatic heterocycles. The minimum atomic E-state index is -3.74. The lowest BCUT2D eigenvalue weighted by Gasteiger charge is -2.15. The summed E-state index contributed by atoms with van der Waals surface area (Å²) in [5.41, 5.74) is 0. The highest BCUT2D eigenvalue weighted by Crippen LogP contribution is 2.31. The lowest BCUT2D eigenvalue weighted by atomic mass is 10.3. The quantitative estimate of drug-likeness (QED) is 0.754. The number of rotatable bonds is 6. The molecule has 0 spiro atoms. The molecule has 2 aromatic rings. The Bertz CT molecular complexity index is 751. The Morgan fingerprint density at radius 1 is 1.22 bits per heavy atom. The van der Waals surface area contributed by atoms with E-state index in [1.165, 1.54) is 18.4 Å². The predicted molar refractivity (Wildman–Crippen MR) is 84.6 cm³/mol. The second-order valence-corrected chi connectivity index (χ2v) is 7.86. The van der Waals surface area contributed by atoms with Gasteiger partial charge in [0.15, 0.2) is 9.84 Å². The molecule has 1 atom stereocenters. The Labute approximate surface area is 137 Å². The summed E-state index contributed by atoms with van der Waals surface area (Å²) in [6.07, 6.45) is 1.36. The number of furan rings is 1. The average Bonchev–Trinajstić information content (AvgIpc) is 3.21. The van der Waals surface area contributed by atoms with Crippen molar-refractivity contribution < 1.29 is 22.4 Å². The first kappa shape index (κ1) is 17.2.